The van der Waals surface area contributed by atoms with E-state index in [1.807, 2.05) is 65.6 Å². The first kappa shape index (κ1) is 22.5. The largest absolute Gasteiger partial charge is 0.353 e. The second kappa shape index (κ2) is 10.3. The van der Waals surface area contributed by atoms with Gasteiger partial charge in [-0.25, -0.2) is 9.97 Å². The summed E-state index contributed by atoms with van der Waals surface area (Å²) in [6.45, 7) is 0.843. The van der Waals surface area contributed by atoms with Gasteiger partial charge in [0.2, 0.25) is 11.6 Å². The Labute approximate surface area is 200 Å². The van der Waals surface area contributed by atoms with E-state index in [0.717, 1.165) is 11.1 Å². The smallest absolute Gasteiger partial charge is 0.342 e. The second-order valence-electron chi connectivity index (χ2n) is 7.21. The molecule has 7 nitrogen and oxygen atoms in total. The van der Waals surface area contributed by atoms with E-state index < -0.39 is 4.92 Å². The van der Waals surface area contributed by atoms with Crippen LogP contribution in [0.3, 0.4) is 0 Å². The molecule has 0 aliphatic heterocycles. The van der Waals surface area contributed by atoms with Crippen LogP contribution in [0.15, 0.2) is 85.2 Å². The molecule has 0 amide bonds. The number of aromatic nitrogens is 2. The molecule has 0 spiro atoms. The SMILES string of the molecule is O=[N+]([O-])c1c(Nc2cccc(Cl)c2Cl)ncnc1N(Cc1ccccc1)Cc1ccccc1. The number of anilines is 3. The molecule has 33 heavy (non-hydrogen) atoms. The highest BCUT2D eigenvalue weighted by molar-refractivity contribution is 6.43. The van der Waals surface area contributed by atoms with Crippen LogP contribution in [0, 0.1) is 10.1 Å². The van der Waals surface area contributed by atoms with Crippen molar-refractivity contribution in [1.82, 2.24) is 9.97 Å². The minimum atomic E-state index is -0.487. The second-order valence-corrected chi connectivity index (χ2v) is 7.99. The van der Waals surface area contributed by atoms with Crippen molar-refractivity contribution in [2.75, 3.05) is 10.2 Å². The van der Waals surface area contributed by atoms with Gasteiger partial charge in [0.1, 0.15) is 6.33 Å². The van der Waals surface area contributed by atoms with Gasteiger partial charge in [-0.15, -0.1) is 0 Å². The van der Waals surface area contributed by atoms with Gasteiger partial charge in [-0.05, 0) is 23.3 Å². The minimum Gasteiger partial charge on any atom is -0.342 e. The highest BCUT2D eigenvalue weighted by Gasteiger charge is 2.28. The quantitative estimate of drug-likeness (QED) is 0.225. The van der Waals surface area contributed by atoms with E-state index in [1.54, 1.807) is 18.2 Å². The summed E-state index contributed by atoms with van der Waals surface area (Å²) in [5, 5.41) is 15.7. The topological polar surface area (TPSA) is 84.2 Å². The van der Waals surface area contributed by atoms with Crippen LogP contribution < -0.4 is 10.2 Å². The standard InChI is InChI=1S/C24H19Cl2N5O2/c25-19-12-7-13-20(21(19)26)29-23-22(31(32)33)24(28-16-27-23)30(14-17-8-3-1-4-9-17)15-18-10-5-2-6-11-18/h1-13,16H,14-15H2,(H,27,28,29). The fraction of sp³-hybridized carbons (Fsp3) is 0.0833. The van der Waals surface area contributed by atoms with Crippen molar-refractivity contribution in [3.63, 3.8) is 0 Å². The van der Waals surface area contributed by atoms with Gasteiger partial charge < -0.3 is 10.2 Å². The first-order chi connectivity index (χ1) is 16.0. The van der Waals surface area contributed by atoms with Crippen molar-refractivity contribution in [3.8, 4) is 0 Å². The maximum Gasteiger partial charge on any atom is 0.353 e. The summed E-state index contributed by atoms with van der Waals surface area (Å²) in [5.41, 5.74) is 2.15. The lowest BCUT2D eigenvalue weighted by Crippen LogP contribution is -2.24. The molecule has 0 fully saturated rings. The number of hydrogen-bond acceptors (Lipinski definition) is 6. The zero-order chi connectivity index (χ0) is 23.2. The Bertz CT molecular complexity index is 1210. The van der Waals surface area contributed by atoms with E-state index in [0.29, 0.717) is 23.8 Å². The summed E-state index contributed by atoms with van der Waals surface area (Å²) in [5.74, 6) is 0.226. The lowest BCUT2D eigenvalue weighted by molar-refractivity contribution is -0.383. The Kier molecular flexibility index (Phi) is 7.02. The van der Waals surface area contributed by atoms with Gasteiger partial charge in [0.05, 0.1) is 20.7 Å². The maximum atomic E-state index is 12.2. The Morgan fingerprint density at radius 3 is 2.03 bits per heavy atom. The average molecular weight is 480 g/mol. The third-order valence-electron chi connectivity index (χ3n) is 4.92. The average Bonchev–Trinajstić information content (AvgIpc) is 2.83. The first-order valence-electron chi connectivity index (χ1n) is 10.1. The Morgan fingerprint density at radius 2 is 1.45 bits per heavy atom. The van der Waals surface area contributed by atoms with Gasteiger partial charge in [0.15, 0.2) is 0 Å². The van der Waals surface area contributed by atoms with Crippen LogP contribution in [0.1, 0.15) is 11.1 Å². The fourth-order valence-corrected chi connectivity index (χ4v) is 3.75. The van der Waals surface area contributed by atoms with E-state index in [1.165, 1.54) is 6.33 Å². The van der Waals surface area contributed by atoms with Crippen molar-refractivity contribution in [2.45, 2.75) is 13.1 Å². The van der Waals surface area contributed by atoms with Crippen LogP contribution in [0.2, 0.25) is 10.0 Å². The Morgan fingerprint density at radius 1 is 0.848 bits per heavy atom. The summed E-state index contributed by atoms with van der Waals surface area (Å²) >= 11 is 12.4. The summed E-state index contributed by atoms with van der Waals surface area (Å²) in [6.07, 6.45) is 1.30. The van der Waals surface area contributed by atoms with Crippen LogP contribution in [-0.4, -0.2) is 14.9 Å². The summed E-state index contributed by atoms with van der Waals surface area (Å²) in [6, 6.07) is 24.4. The van der Waals surface area contributed by atoms with E-state index in [2.05, 4.69) is 15.3 Å². The number of hydrogen-bond donors (Lipinski definition) is 1. The lowest BCUT2D eigenvalue weighted by Gasteiger charge is -2.24. The molecule has 0 aliphatic rings. The number of rotatable bonds is 8. The molecular weight excluding hydrogens is 461 g/mol. The molecule has 1 aromatic heterocycles. The van der Waals surface area contributed by atoms with Crippen LogP contribution >= 0.6 is 23.2 Å². The number of nitro groups is 1. The van der Waals surface area contributed by atoms with Crippen LogP contribution in [0.5, 0.6) is 0 Å². The van der Waals surface area contributed by atoms with Gasteiger partial charge in [-0.1, -0.05) is 89.9 Å². The van der Waals surface area contributed by atoms with Gasteiger partial charge in [-0.3, -0.25) is 10.1 Å². The number of nitrogens with one attached hydrogen (secondary N) is 1. The van der Waals surface area contributed by atoms with Gasteiger partial charge in [0.25, 0.3) is 0 Å². The lowest BCUT2D eigenvalue weighted by atomic mass is 10.1. The third-order valence-corrected chi connectivity index (χ3v) is 5.74. The minimum absolute atomic E-state index is 0.0280. The fourth-order valence-electron chi connectivity index (χ4n) is 3.40. The van der Waals surface area contributed by atoms with Gasteiger partial charge in [0, 0.05) is 13.1 Å². The molecule has 0 saturated heterocycles. The van der Waals surface area contributed by atoms with Crippen molar-refractivity contribution >= 4 is 46.2 Å². The Hall–Kier alpha value is -3.68. The van der Waals surface area contributed by atoms with Crippen molar-refractivity contribution in [1.29, 1.82) is 0 Å². The highest BCUT2D eigenvalue weighted by Crippen LogP contribution is 2.38. The molecule has 9 heteroatoms. The molecule has 0 unspecified atom stereocenters. The zero-order valence-corrected chi connectivity index (χ0v) is 18.9. The monoisotopic (exact) mass is 479 g/mol. The first-order valence-corrected chi connectivity index (χ1v) is 10.8. The van der Waals surface area contributed by atoms with E-state index >= 15 is 0 Å². The maximum absolute atomic E-state index is 12.2. The van der Waals surface area contributed by atoms with E-state index in [-0.39, 0.29) is 22.3 Å². The van der Waals surface area contributed by atoms with Crippen molar-refractivity contribution < 1.29 is 4.92 Å². The predicted molar refractivity (Wildman–Crippen MR) is 131 cm³/mol. The molecule has 4 aromatic rings. The molecule has 0 saturated carbocycles. The van der Waals surface area contributed by atoms with Crippen molar-refractivity contribution in [2.24, 2.45) is 0 Å². The molecule has 0 radical (unpaired) electrons. The molecule has 3 aromatic carbocycles. The molecule has 0 bridgehead atoms. The van der Waals surface area contributed by atoms with Crippen LogP contribution in [-0.2, 0) is 13.1 Å². The van der Waals surface area contributed by atoms with E-state index in [9.17, 15) is 10.1 Å². The zero-order valence-electron chi connectivity index (χ0n) is 17.4. The normalized spacial score (nSPS) is 10.6. The predicted octanol–water partition coefficient (Wildman–Crippen LogP) is 6.64. The number of halogens is 2. The number of nitrogens with zero attached hydrogens (tertiary/aromatic N) is 4. The number of benzene rings is 3. The molecular formula is C24H19Cl2N5O2. The Balaban J connectivity index is 1.78. The van der Waals surface area contributed by atoms with E-state index in [4.69, 9.17) is 23.2 Å². The summed E-state index contributed by atoms with van der Waals surface area (Å²) in [4.78, 5) is 22.0. The molecule has 1 N–H and O–H groups in total. The third kappa shape index (κ3) is 5.39. The molecule has 0 atom stereocenters. The van der Waals surface area contributed by atoms with Gasteiger partial charge >= 0.3 is 5.69 Å². The summed E-state index contributed by atoms with van der Waals surface area (Å²) < 4.78 is 0. The summed E-state index contributed by atoms with van der Waals surface area (Å²) in [7, 11) is 0. The molecule has 4 rings (SSSR count). The van der Waals surface area contributed by atoms with Crippen LogP contribution in [0.25, 0.3) is 0 Å². The van der Waals surface area contributed by atoms with Crippen molar-refractivity contribution in [3.05, 3.63) is 116 Å². The van der Waals surface area contributed by atoms with Crippen LogP contribution in [0.4, 0.5) is 23.0 Å². The molecule has 0 aliphatic carbocycles. The van der Waals surface area contributed by atoms with Gasteiger partial charge in [-0.2, -0.15) is 0 Å². The highest BCUT2D eigenvalue weighted by atomic mass is 35.5. The molecule has 1 heterocycles. The molecule has 166 valence electrons.